The first-order valence-electron chi connectivity index (χ1n) is 10.6. The van der Waals surface area contributed by atoms with Gasteiger partial charge in [0.2, 0.25) is 0 Å². The maximum atomic E-state index is 10.5. The van der Waals surface area contributed by atoms with Crippen LogP contribution in [-0.2, 0) is 5.41 Å². The Bertz CT molecular complexity index is 1120. The van der Waals surface area contributed by atoms with Gasteiger partial charge < -0.3 is 10.2 Å². The minimum atomic E-state index is -0.319. The molecule has 0 heterocycles. The van der Waals surface area contributed by atoms with E-state index in [1.807, 2.05) is 36.4 Å². The lowest BCUT2D eigenvalue weighted by atomic mass is 9.76. The van der Waals surface area contributed by atoms with Crippen LogP contribution in [0.4, 0.5) is 0 Å². The van der Waals surface area contributed by atoms with Gasteiger partial charge in [0.15, 0.2) is 0 Å². The minimum absolute atomic E-state index is 0.273. The monoisotopic (exact) mass is 408 g/mol. The average molecular weight is 409 g/mol. The van der Waals surface area contributed by atoms with Gasteiger partial charge in [-0.3, -0.25) is 0 Å². The number of aryl methyl sites for hydroxylation is 2. The molecule has 156 valence electrons. The Kier molecular flexibility index (Phi) is 5.32. The van der Waals surface area contributed by atoms with Gasteiger partial charge in [0, 0.05) is 16.5 Å². The molecule has 0 aromatic heterocycles. The molecule has 0 saturated carbocycles. The fourth-order valence-corrected chi connectivity index (χ4v) is 3.94. The molecule has 31 heavy (non-hydrogen) atoms. The molecule has 4 rings (SSSR count). The first-order valence-corrected chi connectivity index (χ1v) is 10.6. The highest BCUT2D eigenvalue weighted by molar-refractivity contribution is 5.73. The molecule has 0 aliphatic rings. The molecule has 4 aromatic rings. The van der Waals surface area contributed by atoms with E-state index in [0.717, 1.165) is 33.4 Å². The fraction of sp³-hybridized carbons (Fsp3) is 0.172. The summed E-state index contributed by atoms with van der Waals surface area (Å²) < 4.78 is 0. The van der Waals surface area contributed by atoms with Crippen molar-refractivity contribution in [3.63, 3.8) is 0 Å². The molecule has 4 aromatic carbocycles. The molecule has 0 fully saturated rings. The Labute approximate surface area is 184 Å². The van der Waals surface area contributed by atoms with Crippen LogP contribution >= 0.6 is 0 Å². The second kappa shape index (κ2) is 7.96. The van der Waals surface area contributed by atoms with Crippen molar-refractivity contribution in [3.05, 3.63) is 107 Å². The molecule has 2 nitrogen and oxygen atoms in total. The summed E-state index contributed by atoms with van der Waals surface area (Å²) in [7, 11) is 0. The topological polar surface area (TPSA) is 40.5 Å². The number of hydrogen-bond acceptors (Lipinski definition) is 2. The van der Waals surface area contributed by atoms with Crippen molar-refractivity contribution in [2.45, 2.75) is 33.1 Å². The van der Waals surface area contributed by atoms with Gasteiger partial charge in [-0.15, -0.1) is 0 Å². The number of aromatic hydroxyl groups is 2. The van der Waals surface area contributed by atoms with Crippen molar-refractivity contribution in [1.29, 1.82) is 0 Å². The number of phenols is 2. The van der Waals surface area contributed by atoms with Crippen LogP contribution in [0.1, 0.15) is 36.1 Å². The Balaban J connectivity index is 1.78. The van der Waals surface area contributed by atoms with Gasteiger partial charge in [-0.25, -0.2) is 0 Å². The first-order chi connectivity index (χ1) is 14.8. The normalized spacial score (nSPS) is 11.5. The highest BCUT2D eigenvalue weighted by atomic mass is 16.3. The second-order valence-corrected chi connectivity index (χ2v) is 8.82. The van der Waals surface area contributed by atoms with E-state index in [1.165, 1.54) is 11.1 Å². The zero-order valence-electron chi connectivity index (χ0n) is 18.5. The van der Waals surface area contributed by atoms with E-state index < -0.39 is 0 Å². The van der Waals surface area contributed by atoms with Crippen molar-refractivity contribution in [2.75, 3.05) is 0 Å². The third-order valence-electron chi connectivity index (χ3n) is 6.16. The van der Waals surface area contributed by atoms with Crippen LogP contribution in [0.5, 0.6) is 11.5 Å². The molecule has 0 spiro atoms. The summed E-state index contributed by atoms with van der Waals surface area (Å²) in [6, 6.07) is 28.0. The number of phenolic OH excluding ortho intramolecular Hbond substituents is 2. The number of hydrogen-bond donors (Lipinski definition) is 2. The van der Waals surface area contributed by atoms with Gasteiger partial charge in [0.1, 0.15) is 11.5 Å². The zero-order valence-corrected chi connectivity index (χ0v) is 18.5. The third-order valence-corrected chi connectivity index (χ3v) is 6.16. The van der Waals surface area contributed by atoms with Crippen molar-refractivity contribution in [2.24, 2.45) is 0 Å². The number of rotatable bonds is 4. The molecule has 0 atom stereocenters. The Morgan fingerprint density at radius 1 is 0.516 bits per heavy atom. The molecular weight excluding hydrogens is 380 g/mol. The maximum Gasteiger partial charge on any atom is 0.123 e. The summed E-state index contributed by atoms with van der Waals surface area (Å²) in [4.78, 5) is 0. The summed E-state index contributed by atoms with van der Waals surface area (Å²) >= 11 is 0. The smallest absolute Gasteiger partial charge is 0.123 e. The van der Waals surface area contributed by atoms with Crippen molar-refractivity contribution in [3.8, 4) is 33.8 Å². The lowest BCUT2D eigenvalue weighted by Gasteiger charge is -2.28. The SMILES string of the molecule is Cc1ccc(-c2cc(C(C)(C)c3ccc(O)c(-c4ccc(C)cc4)c3)ccc2O)cc1. The van der Waals surface area contributed by atoms with Crippen molar-refractivity contribution < 1.29 is 10.2 Å². The van der Waals surface area contributed by atoms with Crippen LogP contribution < -0.4 is 0 Å². The molecule has 0 saturated heterocycles. The Hall–Kier alpha value is -3.52. The summed E-state index contributed by atoms with van der Waals surface area (Å²) in [6.07, 6.45) is 0. The summed E-state index contributed by atoms with van der Waals surface area (Å²) in [5, 5.41) is 21.0. The van der Waals surface area contributed by atoms with E-state index in [2.05, 4.69) is 64.1 Å². The molecule has 0 aliphatic carbocycles. The van der Waals surface area contributed by atoms with Crippen LogP contribution in [0.2, 0.25) is 0 Å². The quantitative estimate of drug-likeness (QED) is 0.370. The maximum absolute atomic E-state index is 10.5. The summed E-state index contributed by atoms with van der Waals surface area (Å²) in [5.74, 6) is 0.545. The van der Waals surface area contributed by atoms with E-state index in [4.69, 9.17) is 0 Å². The van der Waals surface area contributed by atoms with Crippen LogP contribution in [0.15, 0.2) is 84.9 Å². The largest absolute Gasteiger partial charge is 0.507 e. The Morgan fingerprint density at radius 2 is 0.871 bits per heavy atom. The molecule has 0 aliphatic heterocycles. The van der Waals surface area contributed by atoms with Crippen LogP contribution in [0, 0.1) is 13.8 Å². The molecule has 0 radical (unpaired) electrons. The van der Waals surface area contributed by atoms with E-state index >= 15 is 0 Å². The van der Waals surface area contributed by atoms with Gasteiger partial charge in [0.05, 0.1) is 0 Å². The first kappa shape index (κ1) is 20.7. The summed E-state index contributed by atoms with van der Waals surface area (Å²) in [5.41, 5.74) is 7.88. The molecule has 0 unspecified atom stereocenters. The average Bonchev–Trinajstić information content (AvgIpc) is 2.75. The minimum Gasteiger partial charge on any atom is -0.507 e. The fourth-order valence-electron chi connectivity index (χ4n) is 3.94. The van der Waals surface area contributed by atoms with E-state index in [-0.39, 0.29) is 16.9 Å². The van der Waals surface area contributed by atoms with E-state index in [9.17, 15) is 10.2 Å². The molecule has 0 amide bonds. The van der Waals surface area contributed by atoms with Gasteiger partial charge in [-0.05, 0) is 60.4 Å². The summed E-state index contributed by atoms with van der Waals surface area (Å²) in [6.45, 7) is 8.45. The van der Waals surface area contributed by atoms with Crippen LogP contribution in [0.3, 0.4) is 0 Å². The zero-order chi connectivity index (χ0) is 22.2. The van der Waals surface area contributed by atoms with Crippen molar-refractivity contribution in [1.82, 2.24) is 0 Å². The van der Waals surface area contributed by atoms with Gasteiger partial charge in [0.25, 0.3) is 0 Å². The molecule has 2 heteroatoms. The molecule has 2 N–H and O–H groups in total. The van der Waals surface area contributed by atoms with E-state index in [1.54, 1.807) is 12.1 Å². The molecule has 0 bridgehead atoms. The van der Waals surface area contributed by atoms with Crippen LogP contribution in [-0.4, -0.2) is 10.2 Å². The highest BCUT2D eigenvalue weighted by Crippen LogP contribution is 2.40. The number of benzene rings is 4. The predicted octanol–water partition coefficient (Wildman–Crippen LogP) is 7.37. The highest BCUT2D eigenvalue weighted by Gasteiger charge is 2.25. The van der Waals surface area contributed by atoms with Gasteiger partial charge in [-0.1, -0.05) is 85.6 Å². The predicted molar refractivity (Wildman–Crippen MR) is 129 cm³/mol. The van der Waals surface area contributed by atoms with Gasteiger partial charge >= 0.3 is 0 Å². The Morgan fingerprint density at radius 3 is 1.23 bits per heavy atom. The van der Waals surface area contributed by atoms with Gasteiger partial charge in [-0.2, -0.15) is 0 Å². The standard InChI is InChI=1S/C29H28O2/c1-19-5-9-21(10-6-19)25-17-23(13-15-27(25)30)29(3,4)24-14-16-28(31)26(18-24)22-11-7-20(2)8-12-22/h5-18,30-31H,1-4H3. The third kappa shape index (κ3) is 4.06. The van der Waals surface area contributed by atoms with Crippen LogP contribution in [0.25, 0.3) is 22.3 Å². The second-order valence-electron chi connectivity index (χ2n) is 8.82. The van der Waals surface area contributed by atoms with Crippen molar-refractivity contribution >= 4 is 0 Å². The lowest BCUT2D eigenvalue weighted by molar-refractivity contribution is 0.476. The van der Waals surface area contributed by atoms with E-state index in [0.29, 0.717) is 0 Å². The lowest BCUT2D eigenvalue weighted by Crippen LogP contribution is -2.19. The molecular formula is C29H28O2.